The lowest BCUT2D eigenvalue weighted by atomic mass is 9.93. The Morgan fingerprint density at radius 1 is 1.25 bits per heavy atom. The number of amides is 2. The molecule has 2 saturated heterocycles. The number of hydrogen-bond donors (Lipinski definition) is 2. The zero-order chi connectivity index (χ0) is 14.3. The molecule has 0 radical (unpaired) electrons. The zero-order valence-corrected chi connectivity index (χ0v) is 11.4. The number of carboxylic acid groups (broad SMARTS) is 1. The first kappa shape index (κ1) is 13.4. The Kier molecular flexibility index (Phi) is 3.40. The van der Waals surface area contributed by atoms with E-state index in [2.05, 4.69) is 5.32 Å². The van der Waals surface area contributed by atoms with Gasteiger partial charge in [0.2, 0.25) is 11.8 Å². The van der Waals surface area contributed by atoms with Crippen LogP contribution in [0.4, 0.5) is 0 Å². The van der Waals surface area contributed by atoms with Gasteiger partial charge in [0, 0.05) is 19.5 Å². The maximum Gasteiger partial charge on any atom is 0.326 e. The van der Waals surface area contributed by atoms with Crippen molar-refractivity contribution >= 4 is 17.8 Å². The highest BCUT2D eigenvalue weighted by molar-refractivity contribution is 5.88. The van der Waals surface area contributed by atoms with Gasteiger partial charge >= 0.3 is 5.97 Å². The van der Waals surface area contributed by atoms with Crippen molar-refractivity contribution in [2.75, 3.05) is 13.1 Å². The lowest BCUT2D eigenvalue weighted by Crippen LogP contribution is -2.49. The summed E-state index contributed by atoms with van der Waals surface area (Å²) in [5.74, 6) is -0.789. The highest BCUT2D eigenvalue weighted by atomic mass is 16.4. The van der Waals surface area contributed by atoms with Gasteiger partial charge in [-0.3, -0.25) is 9.59 Å². The van der Waals surface area contributed by atoms with E-state index in [1.807, 2.05) is 0 Å². The van der Waals surface area contributed by atoms with Gasteiger partial charge in [-0.2, -0.15) is 0 Å². The molecule has 2 N–H and O–H groups in total. The minimum absolute atomic E-state index is 0.0258. The summed E-state index contributed by atoms with van der Waals surface area (Å²) in [6.07, 6.45) is 3.89. The molecule has 1 saturated carbocycles. The predicted molar refractivity (Wildman–Crippen MR) is 69.7 cm³/mol. The highest BCUT2D eigenvalue weighted by Crippen LogP contribution is 2.42. The Morgan fingerprint density at radius 2 is 2.05 bits per heavy atom. The van der Waals surface area contributed by atoms with E-state index < -0.39 is 12.0 Å². The molecule has 20 heavy (non-hydrogen) atoms. The van der Waals surface area contributed by atoms with Gasteiger partial charge in [-0.05, 0) is 31.1 Å². The molecule has 2 amide bonds. The second-order valence-corrected chi connectivity index (χ2v) is 6.17. The number of aliphatic carboxylic acids is 1. The summed E-state index contributed by atoms with van der Waals surface area (Å²) < 4.78 is 0. The van der Waals surface area contributed by atoms with E-state index in [1.165, 1.54) is 0 Å². The van der Waals surface area contributed by atoms with Crippen LogP contribution in [0.1, 0.15) is 32.1 Å². The predicted octanol–water partition coefficient (Wildman–Crippen LogP) is 0.224. The first-order valence-electron chi connectivity index (χ1n) is 7.38. The Bertz CT molecular complexity index is 440. The van der Waals surface area contributed by atoms with E-state index in [0.29, 0.717) is 31.8 Å². The molecule has 110 valence electrons. The summed E-state index contributed by atoms with van der Waals surface area (Å²) in [5.41, 5.74) is 0. The molecule has 4 atom stereocenters. The van der Waals surface area contributed by atoms with E-state index in [0.717, 1.165) is 19.3 Å². The van der Waals surface area contributed by atoms with Crippen molar-refractivity contribution in [1.29, 1.82) is 0 Å². The van der Waals surface area contributed by atoms with Crippen molar-refractivity contribution in [2.45, 2.75) is 38.1 Å². The van der Waals surface area contributed by atoms with Gasteiger partial charge in [-0.1, -0.05) is 6.42 Å². The molecule has 3 fully saturated rings. The van der Waals surface area contributed by atoms with Crippen LogP contribution >= 0.6 is 0 Å². The minimum Gasteiger partial charge on any atom is -0.480 e. The number of carboxylic acids is 1. The normalized spacial score (nSPS) is 36.6. The largest absolute Gasteiger partial charge is 0.480 e. The lowest BCUT2D eigenvalue weighted by molar-refractivity contribution is -0.152. The first-order valence-corrected chi connectivity index (χ1v) is 7.38. The number of fused-ring (bicyclic) bond motifs is 1. The van der Waals surface area contributed by atoms with Crippen molar-refractivity contribution in [2.24, 2.45) is 17.8 Å². The topological polar surface area (TPSA) is 86.7 Å². The van der Waals surface area contributed by atoms with Gasteiger partial charge < -0.3 is 15.3 Å². The molecule has 0 spiro atoms. The van der Waals surface area contributed by atoms with Gasteiger partial charge in [-0.25, -0.2) is 4.79 Å². The lowest BCUT2D eigenvalue weighted by Gasteiger charge is -2.30. The maximum atomic E-state index is 12.6. The number of rotatable bonds is 2. The Balaban J connectivity index is 1.73. The molecule has 4 unspecified atom stereocenters. The third-order valence-electron chi connectivity index (χ3n) is 5.04. The summed E-state index contributed by atoms with van der Waals surface area (Å²) in [6.45, 7) is 0.917. The average molecular weight is 280 g/mol. The first-order chi connectivity index (χ1) is 9.58. The highest BCUT2D eigenvalue weighted by Gasteiger charge is 2.50. The molecular weight excluding hydrogens is 260 g/mol. The number of nitrogens with one attached hydrogen (secondary N) is 1. The van der Waals surface area contributed by atoms with Gasteiger partial charge in [0.15, 0.2) is 0 Å². The fourth-order valence-corrected chi connectivity index (χ4v) is 4.03. The number of piperidine rings is 1. The molecular formula is C14H20N2O4. The summed E-state index contributed by atoms with van der Waals surface area (Å²) in [6, 6.07) is -0.660. The van der Waals surface area contributed by atoms with Crippen LogP contribution in [0.25, 0.3) is 0 Å². The molecule has 0 aromatic heterocycles. The van der Waals surface area contributed by atoms with Crippen LogP contribution in [-0.2, 0) is 14.4 Å². The van der Waals surface area contributed by atoms with E-state index >= 15 is 0 Å². The van der Waals surface area contributed by atoms with Crippen LogP contribution in [0.5, 0.6) is 0 Å². The number of hydrogen-bond acceptors (Lipinski definition) is 3. The Labute approximate surface area is 117 Å². The Morgan fingerprint density at radius 3 is 2.70 bits per heavy atom. The van der Waals surface area contributed by atoms with Crippen molar-refractivity contribution < 1.29 is 19.5 Å². The second kappa shape index (κ2) is 5.07. The molecule has 6 nitrogen and oxygen atoms in total. The van der Waals surface area contributed by atoms with Crippen LogP contribution in [0.15, 0.2) is 0 Å². The van der Waals surface area contributed by atoms with E-state index in [4.69, 9.17) is 0 Å². The standard InChI is InChI=1S/C14H20N2O4/c17-11-5-4-8(6-15-11)13(18)16-7-9-2-1-3-10(9)12(16)14(19)20/h8-10,12H,1-7H2,(H,15,17)(H,19,20). The smallest absolute Gasteiger partial charge is 0.326 e. The maximum absolute atomic E-state index is 12.6. The van der Waals surface area contributed by atoms with Crippen molar-refractivity contribution in [3.05, 3.63) is 0 Å². The van der Waals surface area contributed by atoms with Crippen LogP contribution < -0.4 is 5.32 Å². The quantitative estimate of drug-likeness (QED) is 0.758. The molecule has 2 heterocycles. The summed E-state index contributed by atoms with van der Waals surface area (Å²) >= 11 is 0. The third-order valence-corrected chi connectivity index (χ3v) is 5.04. The molecule has 0 bridgehead atoms. The third kappa shape index (κ3) is 2.17. The SMILES string of the molecule is O=C1CCC(C(=O)N2CC3CCCC3C2C(=O)O)CN1. The molecule has 0 aromatic rings. The number of nitrogens with zero attached hydrogens (tertiary/aromatic N) is 1. The van der Waals surface area contributed by atoms with Crippen LogP contribution in [-0.4, -0.2) is 46.9 Å². The summed E-state index contributed by atoms with van der Waals surface area (Å²) in [7, 11) is 0. The van der Waals surface area contributed by atoms with Crippen LogP contribution in [0.3, 0.4) is 0 Å². The number of likely N-dealkylation sites (tertiary alicyclic amines) is 1. The van der Waals surface area contributed by atoms with Gasteiger partial charge in [0.05, 0.1) is 5.92 Å². The van der Waals surface area contributed by atoms with E-state index in [-0.39, 0.29) is 23.7 Å². The zero-order valence-electron chi connectivity index (χ0n) is 11.4. The molecule has 2 aliphatic heterocycles. The van der Waals surface area contributed by atoms with Gasteiger partial charge in [0.25, 0.3) is 0 Å². The fraction of sp³-hybridized carbons (Fsp3) is 0.786. The van der Waals surface area contributed by atoms with E-state index in [1.54, 1.807) is 4.90 Å². The van der Waals surface area contributed by atoms with Crippen LogP contribution in [0, 0.1) is 17.8 Å². The second-order valence-electron chi connectivity index (χ2n) is 6.17. The molecule has 0 aromatic carbocycles. The van der Waals surface area contributed by atoms with Gasteiger partial charge in [-0.15, -0.1) is 0 Å². The molecule has 1 aliphatic carbocycles. The van der Waals surface area contributed by atoms with Crippen molar-refractivity contribution in [1.82, 2.24) is 10.2 Å². The molecule has 6 heteroatoms. The van der Waals surface area contributed by atoms with Gasteiger partial charge in [0.1, 0.15) is 6.04 Å². The number of carbonyl (C=O) groups is 3. The Hall–Kier alpha value is -1.59. The fourth-order valence-electron chi connectivity index (χ4n) is 4.03. The van der Waals surface area contributed by atoms with Crippen LogP contribution in [0.2, 0.25) is 0 Å². The van der Waals surface area contributed by atoms with Crippen molar-refractivity contribution in [3.63, 3.8) is 0 Å². The molecule has 3 aliphatic rings. The monoisotopic (exact) mass is 280 g/mol. The average Bonchev–Trinajstić information content (AvgIpc) is 2.97. The van der Waals surface area contributed by atoms with Crippen molar-refractivity contribution in [3.8, 4) is 0 Å². The summed E-state index contributed by atoms with van der Waals surface area (Å²) in [4.78, 5) is 36.8. The molecule has 3 rings (SSSR count). The minimum atomic E-state index is -0.882. The number of carbonyl (C=O) groups excluding carboxylic acids is 2. The summed E-state index contributed by atoms with van der Waals surface area (Å²) in [5, 5.41) is 12.2. The van der Waals surface area contributed by atoms with E-state index in [9.17, 15) is 19.5 Å².